The molecule has 0 amide bonds. The second kappa shape index (κ2) is 2.50. The molecule has 0 saturated heterocycles. The summed E-state index contributed by atoms with van der Waals surface area (Å²) in [5.74, 6) is 0. The summed E-state index contributed by atoms with van der Waals surface area (Å²) in [7, 11) is 2.16. The van der Waals surface area contributed by atoms with Crippen LogP contribution in [-0.2, 0) is 7.05 Å². The van der Waals surface area contributed by atoms with E-state index in [4.69, 9.17) is 0 Å². The summed E-state index contributed by atoms with van der Waals surface area (Å²) in [5, 5.41) is 2.84. The first-order valence-corrected chi connectivity index (χ1v) is 6.13. The minimum atomic E-state index is 0.545. The summed E-state index contributed by atoms with van der Waals surface area (Å²) in [6, 6.07) is 10.9. The summed E-state index contributed by atoms with van der Waals surface area (Å²) in [5.41, 5.74) is 1.36. The van der Waals surface area contributed by atoms with Gasteiger partial charge in [0, 0.05) is 0 Å². The van der Waals surface area contributed by atoms with Crippen LogP contribution in [0.4, 0.5) is 0 Å². The van der Waals surface area contributed by atoms with Crippen LogP contribution in [0.2, 0.25) is 0 Å². The molecule has 0 fully saturated rings. The van der Waals surface area contributed by atoms with Crippen molar-refractivity contribution in [2.24, 2.45) is 7.05 Å². The summed E-state index contributed by atoms with van der Waals surface area (Å²) < 4.78 is 3.83. The molecular formula is C11H9NSe. The van der Waals surface area contributed by atoms with Crippen molar-refractivity contribution < 1.29 is 0 Å². The summed E-state index contributed by atoms with van der Waals surface area (Å²) in [6.07, 6.45) is 0. The van der Waals surface area contributed by atoms with Crippen molar-refractivity contribution in [2.45, 2.75) is 0 Å². The third-order valence-corrected chi connectivity index (χ3v) is 4.58. The average Bonchev–Trinajstić information content (AvgIpc) is 2.72. The molecule has 0 spiro atoms. The molecule has 3 aromatic rings. The molecule has 2 aromatic heterocycles. The van der Waals surface area contributed by atoms with Gasteiger partial charge in [-0.2, -0.15) is 0 Å². The number of nitrogens with zero attached hydrogens (tertiary/aromatic N) is 1. The minimum absolute atomic E-state index is 0.545. The molecule has 13 heavy (non-hydrogen) atoms. The Morgan fingerprint density at radius 1 is 1.08 bits per heavy atom. The summed E-state index contributed by atoms with van der Waals surface area (Å²) in [4.78, 5) is 2.30. The van der Waals surface area contributed by atoms with Crippen LogP contribution in [0.25, 0.3) is 20.7 Å². The molecule has 0 bridgehead atoms. The van der Waals surface area contributed by atoms with Gasteiger partial charge in [-0.05, 0) is 0 Å². The number of hydrogen-bond donors (Lipinski definition) is 0. The number of aryl methyl sites for hydroxylation is 1. The van der Waals surface area contributed by atoms with E-state index in [1.807, 2.05) is 0 Å². The van der Waals surface area contributed by atoms with E-state index in [9.17, 15) is 0 Å². The number of aromatic nitrogens is 1. The Balaban J connectivity index is 2.72. The van der Waals surface area contributed by atoms with Gasteiger partial charge in [0.05, 0.1) is 0 Å². The fraction of sp³-hybridized carbons (Fsp3) is 0.0909. The summed E-state index contributed by atoms with van der Waals surface area (Å²) >= 11 is 0.545. The predicted molar refractivity (Wildman–Crippen MR) is 57.4 cm³/mol. The number of hydrogen-bond acceptors (Lipinski definition) is 0. The van der Waals surface area contributed by atoms with Gasteiger partial charge in [0.25, 0.3) is 0 Å². The van der Waals surface area contributed by atoms with E-state index >= 15 is 0 Å². The Morgan fingerprint density at radius 3 is 2.85 bits per heavy atom. The normalized spacial score (nSPS) is 11.5. The Kier molecular flexibility index (Phi) is 1.43. The first-order valence-electron chi connectivity index (χ1n) is 4.28. The molecule has 1 nitrogen and oxygen atoms in total. The zero-order valence-electron chi connectivity index (χ0n) is 7.32. The predicted octanol–water partition coefficient (Wildman–Crippen LogP) is 2.39. The van der Waals surface area contributed by atoms with E-state index in [1.165, 1.54) is 20.7 Å². The Labute approximate surface area is 82.3 Å². The van der Waals surface area contributed by atoms with Crippen LogP contribution in [0.1, 0.15) is 0 Å². The Hall–Kier alpha value is -0.981. The van der Waals surface area contributed by atoms with Crippen LogP contribution < -0.4 is 0 Å². The van der Waals surface area contributed by atoms with Gasteiger partial charge in [0.1, 0.15) is 0 Å². The van der Waals surface area contributed by atoms with Crippen molar-refractivity contribution in [1.29, 1.82) is 0 Å². The molecule has 0 aliphatic rings. The maximum atomic E-state index is 2.32. The van der Waals surface area contributed by atoms with Crippen molar-refractivity contribution >= 4 is 35.2 Å². The van der Waals surface area contributed by atoms with Crippen LogP contribution in [0.3, 0.4) is 0 Å². The second-order valence-electron chi connectivity index (χ2n) is 3.22. The fourth-order valence-corrected chi connectivity index (χ4v) is 3.75. The third-order valence-electron chi connectivity index (χ3n) is 2.50. The molecule has 0 aliphatic carbocycles. The molecule has 0 radical (unpaired) electrons. The molecule has 0 aliphatic heterocycles. The van der Waals surface area contributed by atoms with Crippen LogP contribution in [-0.4, -0.2) is 19.1 Å². The third kappa shape index (κ3) is 0.874. The van der Waals surface area contributed by atoms with E-state index < -0.39 is 0 Å². The van der Waals surface area contributed by atoms with Gasteiger partial charge in [-0.3, -0.25) is 0 Å². The van der Waals surface area contributed by atoms with Crippen molar-refractivity contribution in [1.82, 2.24) is 4.57 Å². The zero-order valence-corrected chi connectivity index (χ0v) is 9.03. The van der Waals surface area contributed by atoms with Crippen molar-refractivity contribution in [3.8, 4) is 0 Å². The Bertz CT molecular complexity index is 574. The molecule has 2 heteroatoms. The van der Waals surface area contributed by atoms with Crippen molar-refractivity contribution in [3.05, 3.63) is 35.3 Å². The SMILES string of the molecule is Cn1c2ccccc2c2cc[se]c21. The van der Waals surface area contributed by atoms with Crippen LogP contribution in [0.5, 0.6) is 0 Å². The van der Waals surface area contributed by atoms with Crippen molar-refractivity contribution in [2.75, 3.05) is 0 Å². The number of para-hydroxylation sites is 1. The van der Waals surface area contributed by atoms with Gasteiger partial charge in [0.2, 0.25) is 0 Å². The number of fused-ring (bicyclic) bond motifs is 3. The van der Waals surface area contributed by atoms with Crippen LogP contribution in [0, 0.1) is 0 Å². The van der Waals surface area contributed by atoms with Crippen molar-refractivity contribution in [3.63, 3.8) is 0 Å². The number of benzene rings is 1. The molecular weight excluding hydrogens is 225 g/mol. The second-order valence-corrected chi connectivity index (χ2v) is 5.09. The molecule has 2 heterocycles. The Morgan fingerprint density at radius 2 is 1.92 bits per heavy atom. The van der Waals surface area contributed by atoms with Crippen LogP contribution >= 0.6 is 0 Å². The van der Waals surface area contributed by atoms with Gasteiger partial charge < -0.3 is 0 Å². The molecule has 0 N–H and O–H groups in total. The standard InChI is InChI=1S/C11H9NSe/c1-12-10-5-3-2-4-8(10)9-6-7-13-11(9)12/h2-7H,1H3. The molecule has 0 unspecified atom stereocenters. The molecule has 0 saturated carbocycles. The monoisotopic (exact) mass is 235 g/mol. The fourth-order valence-electron chi connectivity index (χ4n) is 1.87. The van der Waals surface area contributed by atoms with Crippen LogP contribution in [0.15, 0.2) is 35.3 Å². The molecule has 64 valence electrons. The summed E-state index contributed by atoms with van der Waals surface area (Å²) in [6.45, 7) is 0. The molecule has 1 aromatic carbocycles. The molecule has 3 rings (SSSR count). The van der Waals surface area contributed by atoms with Gasteiger partial charge >= 0.3 is 82.1 Å². The van der Waals surface area contributed by atoms with E-state index in [2.05, 4.69) is 46.9 Å². The quantitative estimate of drug-likeness (QED) is 0.526. The molecule has 0 atom stereocenters. The topological polar surface area (TPSA) is 4.93 Å². The zero-order chi connectivity index (χ0) is 8.84. The van der Waals surface area contributed by atoms with E-state index in [0.29, 0.717) is 14.5 Å². The van der Waals surface area contributed by atoms with Gasteiger partial charge in [-0.25, -0.2) is 0 Å². The van der Waals surface area contributed by atoms with E-state index in [0.717, 1.165) is 0 Å². The maximum absolute atomic E-state index is 2.32. The van der Waals surface area contributed by atoms with E-state index in [-0.39, 0.29) is 0 Å². The van der Waals surface area contributed by atoms with E-state index in [1.54, 1.807) is 0 Å². The van der Waals surface area contributed by atoms with Gasteiger partial charge in [-0.1, -0.05) is 0 Å². The number of rotatable bonds is 0. The first kappa shape index (κ1) is 7.43. The van der Waals surface area contributed by atoms with Gasteiger partial charge in [0.15, 0.2) is 0 Å². The average molecular weight is 234 g/mol. The van der Waals surface area contributed by atoms with Gasteiger partial charge in [-0.15, -0.1) is 0 Å². The first-order chi connectivity index (χ1) is 6.38.